The third-order valence-electron chi connectivity index (χ3n) is 2.70. The topological polar surface area (TPSA) is 72.2 Å². The average Bonchev–Trinajstić information content (AvgIpc) is 2.53. The Hall–Kier alpha value is -3.08. The number of aromatic nitrogens is 1. The van der Waals surface area contributed by atoms with Crippen molar-refractivity contribution < 1.29 is 27.4 Å². The van der Waals surface area contributed by atoms with Crippen LogP contribution in [0.2, 0.25) is 0 Å². The number of pyridine rings is 1. The standard InChI is InChI=1S/C15H9F3N2O3/c1-22-14(21)10-3-2-4-11(7-10)23-13-6-9(8-19)5-12(20-13)15(16,17)18/h2-7H,1H3. The Kier molecular flexibility index (Phi) is 4.50. The fraction of sp³-hybridized carbons (Fsp3) is 0.133. The van der Waals surface area contributed by atoms with Crippen LogP contribution < -0.4 is 4.74 Å². The molecule has 0 spiro atoms. The van der Waals surface area contributed by atoms with E-state index in [-0.39, 0.29) is 16.9 Å². The Bertz CT molecular complexity index is 782. The molecule has 1 aromatic heterocycles. The van der Waals surface area contributed by atoms with Gasteiger partial charge in [-0.15, -0.1) is 0 Å². The number of rotatable bonds is 3. The number of alkyl halides is 3. The zero-order valence-electron chi connectivity index (χ0n) is 11.7. The number of methoxy groups -OCH3 is 1. The molecule has 0 aliphatic rings. The Morgan fingerprint density at radius 3 is 2.61 bits per heavy atom. The van der Waals surface area contributed by atoms with Gasteiger partial charge < -0.3 is 9.47 Å². The number of hydrogen-bond acceptors (Lipinski definition) is 5. The number of ether oxygens (including phenoxy) is 2. The Balaban J connectivity index is 2.37. The molecular formula is C15H9F3N2O3. The van der Waals surface area contributed by atoms with Crippen molar-refractivity contribution in [3.63, 3.8) is 0 Å². The predicted octanol–water partition coefficient (Wildman–Crippen LogP) is 3.55. The lowest BCUT2D eigenvalue weighted by atomic mass is 10.2. The lowest BCUT2D eigenvalue weighted by Gasteiger charge is -2.10. The van der Waals surface area contributed by atoms with E-state index in [9.17, 15) is 18.0 Å². The highest BCUT2D eigenvalue weighted by molar-refractivity contribution is 5.89. The van der Waals surface area contributed by atoms with Gasteiger partial charge >= 0.3 is 12.1 Å². The minimum Gasteiger partial charge on any atom is -0.465 e. The Morgan fingerprint density at radius 1 is 1.26 bits per heavy atom. The summed E-state index contributed by atoms with van der Waals surface area (Å²) in [6.07, 6.45) is -4.71. The van der Waals surface area contributed by atoms with Crippen LogP contribution in [-0.2, 0) is 10.9 Å². The van der Waals surface area contributed by atoms with Crippen LogP contribution in [0.5, 0.6) is 11.6 Å². The van der Waals surface area contributed by atoms with Gasteiger partial charge in [-0.3, -0.25) is 0 Å². The van der Waals surface area contributed by atoms with E-state index in [1.165, 1.54) is 31.4 Å². The first-order chi connectivity index (χ1) is 10.8. The van der Waals surface area contributed by atoms with Crippen LogP contribution >= 0.6 is 0 Å². The minimum absolute atomic E-state index is 0.0867. The molecule has 0 N–H and O–H groups in total. The van der Waals surface area contributed by atoms with Gasteiger partial charge in [-0.25, -0.2) is 9.78 Å². The number of nitriles is 1. The molecule has 23 heavy (non-hydrogen) atoms. The van der Waals surface area contributed by atoms with Crippen LogP contribution in [0.4, 0.5) is 13.2 Å². The lowest BCUT2D eigenvalue weighted by molar-refractivity contribution is -0.141. The van der Waals surface area contributed by atoms with E-state index in [2.05, 4.69) is 9.72 Å². The summed E-state index contributed by atoms with van der Waals surface area (Å²) in [7, 11) is 1.20. The highest BCUT2D eigenvalue weighted by Gasteiger charge is 2.33. The van der Waals surface area contributed by atoms with Gasteiger partial charge in [0.15, 0.2) is 0 Å². The molecule has 0 radical (unpaired) electrons. The molecule has 0 saturated heterocycles. The third-order valence-corrected chi connectivity index (χ3v) is 2.70. The summed E-state index contributed by atoms with van der Waals surface area (Å²) in [4.78, 5) is 14.7. The predicted molar refractivity (Wildman–Crippen MR) is 71.8 cm³/mol. The molecule has 8 heteroatoms. The minimum atomic E-state index is -4.71. The van der Waals surface area contributed by atoms with E-state index in [0.717, 1.165) is 6.07 Å². The summed E-state index contributed by atoms with van der Waals surface area (Å²) in [5.41, 5.74) is -1.32. The summed E-state index contributed by atoms with van der Waals surface area (Å²) >= 11 is 0. The van der Waals surface area contributed by atoms with E-state index in [4.69, 9.17) is 10.00 Å². The number of nitrogens with zero attached hydrogens (tertiary/aromatic N) is 2. The van der Waals surface area contributed by atoms with E-state index >= 15 is 0 Å². The van der Waals surface area contributed by atoms with Gasteiger partial charge in [-0.1, -0.05) is 6.07 Å². The zero-order chi connectivity index (χ0) is 17.0. The smallest absolute Gasteiger partial charge is 0.433 e. The van der Waals surface area contributed by atoms with E-state index in [1.54, 1.807) is 6.07 Å². The van der Waals surface area contributed by atoms with E-state index < -0.39 is 23.7 Å². The Labute approximate surface area is 128 Å². The molecule has 0 amide bonds. The van der Waals surface area contributed by atoms with Gasteiger partial charge in [0.05, 0.1) is 24.3 Å². The first kappa shape index (κ1) is 16.3. The molecule has 2 aromatic rings. The normalized spacial score (nSPS) is 10.7. The van der Waals surface area contributed by atoms with Gasteiger partial charge in [-0.2, -0.15) is 18.4 Å². The maximum atomic E-state index is 12.8. The number of benzene rings is 1. The molecule has 0 saturated carbocycles. The zero-order valence-corrected chi connectivity index (χ0v) is 11.7. The number of halogens is 3. The second kappa shape index (κ2) is 6.36. The molecule has 1 heterocycles. The number of esters is 1. The van der Waals surface area contributed by atoms with Crippen LogP contribution in [0.1, 0.15) is 21.6 Å². The van der Waals surface area contributed by atoms with Gasteiger partial charge in [0.2, 0.25) is 5.88 Å². The Morgan fingerprint density at radius 2 is 2.00 bits per heavy atom. The highest BCUT2D eigenvalue weighted by Crippen LogP contribution is 2.31. The van der Waals surface area contributed by atoms with Crippen LogP contribution in [0.25, 0.3) is 0 Å². The monoisotopic (exact) mass is 322 g/mol. The van der Waals surface area contributed by atoms with Crippen LogP contribution in [0, 0.1) is 11.3 Å². The number of hydrogen-bond donors (Lipinski definition) is 0. The summed E-state index contributed by atoms with van der Waals surface area (Å²) in [6, 6.07) is 8.95. The molecule has 0 bridgehead atoms. The summed E-state index contributed by atoms with van der Waals surface area (Å²) in [5, 5.41) is 8.81. The molecular weight excluding hydrogens is 313 g/mol. The first-order valence-corrected chi connectivity index (χ1v) is 6.19. The molecule has 0 unspecified atom stereocenters. The van der Waals surface area contributed by atoms with Gasteiger partial charge in [0.25, 0.3) is 0 Å². The maximum Gasteiger partial charge on any atom is 0.433 e. The van der Waals surface area contributed by atoms with Crippen molar-refractivity contribution in [2.75, 3.05) is 7.11 Å². The fourth-order valence-corrected chi connectivity index (χ4v) is 1.69. The van der Waals surface area contributed by atoms with E-state index in [1.807, 2.05) is 0 Å². The van der Waals surface area contributed by atoms with Crippen molar-refractivity contribution in [3.05, 3.63) is 53.2 Å². The van der Waals surface area contributed by atoms with Crippen LogP contribution in [-0.4, -0.2) is 18.1 Å². The second-order valence-electron chi connectivity index (χ2n) is 4.31. The molecule has 0 aliphatic carbocycles. The highest BCUT2D eigenvalue weighted by atomic mass is 19.4. The van der Waals surface area contributed by atoms with Crippen LogP contribution in [0.3, 0.4) is 0 Å². The van der Waals surface area contributed by atoms with Gasteiger partial charge in [-0.05, 0) is 24.3 Å². The molecule has 1 aromatic carbocycles. The molecule has 0 fully saturated rings. The van der Waals surface area contributed by atoms with Crippen molar-refractivity contribution in [2.45, 2.75) is 6.18 Å². The first-order valence-electron chi connectivity index (χ1n) is 6.19. The molecule has 2 rings (SSSR count). The van der Waals surface area contributed by atoms with Crippen molar-refractivity contribution in [3.8, 4) is 17.7 Å². The number of carbonyl (C=O) groups is 1. The molecule has 118 valence electrons. The quantitative estimate of drug-likeness (QED) is 0.808. The van der Waals surface area contributed by atoms with Crippen molar-refractivity contribution in [1.29, 1.82) is 5.26 Å². The maximum absolute atomic E-state index is 12.8. The van der Waals surface area contributed by atoms with Gasteiger partial charge in [0.1, 0.15) is 11.4 Å². The molecule has 0 aliphatic heterocycles. The molecule has 5 nitrogen and oxygen atoms in total. The second-order valence-corrected chi connectivity index (χ2v) is 4.31. The third kappa shape index (κ3) is 3.97. The van der Waals surface area contributed by atoms with Crippen molar-refractivity contribution in [2.24, 2.45) is 0 Å². The average molecular weight is 322 g/mol. The fourth-order valence-electron chi connectivity index (χ4n) is 1.69. The number of carbonyl (C=O) groups excluding carboxylic acids is 1. The van der Waals surface area contributed by atoms with Crippen LogP contribution in [0.15, 0.2) is 36.4 Å². The molecule has 0 atom stereocenters. The van der Waals surface area contributed by atoms with Crippen molar-refractivity contribution >= 4 is 5.97 Å². The lowest BCUT2D eigenvalue weighted by Crippen LogP contribution is -2.09. The van der Waals surface area contributed by atoms with Crippen molar-refractivity contribution in [1.82, 2.24) is 4.98 Å². The summed E-state index contributed by atoms with van der Waals surface area (Å²) in [6.45, 7) is 0. The largest absolute Gasteiger partial charge is 0.465 e. The summed E-state index contributed by atoms with van der Waals surface area (Å²) in [5.74, 6) is -0.938. The summed E-state index contributed by atoms with van der Waals surface area (Å²) < 4.78 is 48.0. The van der Waals surface area contributed by atoms with E-state index in [0.29, 0.717) is 6.07 Å². The van der Waals surface area contributed by atoms with Gasteiger partial charge in [0, 0.05) is 6.07 Å². The SMILES string of the molecule is COC(=O)c1cccc(Oc2cc(C#N)cc(C(F)(F)F)n2)c1.